The number of piperazine rings is 1. The first-order valence-corrected chi connectivity index (χ1v) is 11.1. The van der Waals surface area contributed by atoms with Gasteiger partial charge >= 0.3 is 0 Å². The predicted octanol–water partition coefficient (Wildman–Crippen LogP) is 4.22. The highest BCUT2D eigenvalue weighted by Gasteiger charge is 2.27. The summed E-state index contributed by atoms with van der Waals surface area (Å²) >= 11 is 1.75. The van der Waals surface area contributed by atoms with Crippen LogP contribution in [-0.2, 0) is 0 Å². The molecule has 1 amide bonds. The number of amides is 1. The minimum Gasteiger partial charge on any atom is -0.493 e. The van der Waals surface area contributed by atoms with Gasteiger partial charge in [0.1, 0.15) is 5.01 Å². The average molecular weight is 426 g/mol. The quantitative estimate of drug-likeness (QED) is 0.592. The summed E-state index contributed by atoms with van der Waals surface area (Å²) in [6.07, 6.45) is 0. The molecule has 0 saturated carbocycles. The summed E-state index contributed by atoms with van der Waals surface area (Å²) in [5.41, 5.74) is 1.69. The number of benzene rings is 2. The maximum absolute atomic E-state index is 13.0. The van der Waals surface area contributed by atoms with Gasteiger partial charge < -0.3 is 14.4 Å². The minimum atomic E-state index is 0.0311. The Hall–Kier alpha value is -2.64. The van der Waals surface area contributed by atoms with Crippen LogP contribution in [0.1, 0.15) is 35.3 Å². The molecule has 0 radical (unpaired) electrons. The molecule has 30 heavy (non-hydrogen) atoms. The summed E-state index contributed by atoms with van der Waals surface area (Å²) in [6.45, 7) is 7.74. The summed E-state index contributed by atoms with van der Waals surface area (Å²) in [5.74, 6) is 1.28. The van der Waals surface area contributed by atoms with Gasteiger partial charge in [-0.15, -0.1) is 11.3 Å². The van der Waals surface area contributed by atoms with Crippen LogP contribution < -0.4 is 9.47 Å². The lowest BCUT2D eigenvalue weighted by Crippen LogP contribution is -2.49. The molecule has 0 aliphatic carbocycles. The van der Waals surface area contributed by atoms with E-state index in [4.69, 9.17) is 14.5 Å². The summed E-state index contributed by atoms with van der Waals surface area (Å²) < 4.78 is 12.2. The van der Waals surface area contributed by atoms with Crippen LogP contribution in [0.2, 0.25) is 0 Å². The highest BCUT2D eigenvalue weighted by Crippen LogP contribution is 2.31. The number of carbonyl (C=O) groups excluding carboxylic acids is 1. The Labute approximate surface area is 181 Å². The average Bonchev–Trinajstić information content (AvgIpc) is 3.23. The zero-order valence-electron chi connectivity index (χ0n) is 17.6. The molecule has 1 aliphatic heterocycles. The number of para-hydroxylation sites is 1. The molecule has 2 aromatic carbocycles. The lowest BCUT2D eigenvalue weighted by Gasteiger charge is -2.37. The first-order chi connectivity index (χ1) is 14.6. The molecule has 1 unspecified atom stereocenters. The van der Waals surface area contributed by atoms with Crippen molar-refractivity contribution in [3.8, 4) is 11.5 Å². The third kappa shape index (κ3) is 4.13. The van der Waals surface area contributed by atoms with Crippen LogP contribution in [0.3, 0.4) is 0 Å². The smallest absolute Gasteiger partial charge is 0.254 e. The molecule has 0 spiro atoms. The maximum atomic E-state index is 13.0. The number of aromatic nitrogens is 1. The van der Waals surface area contributed by atoms with Gasteiger partial charge in [0.25, 0.3) is 5.91 Å². The van der Waals surface area contributed by atoms with Gasteiger partial charge in [-0.3, -0.25) is 9.69 Å². The molecule has 1 saturated heterocycles. The number of thiazole rings is 1. The van der Waals surface area contributed by atoms with Gasteiger partial charge in [-0.05, 0) is 44.2 Å². The Bertz CT molecular complexity index is 994. The van der Waals surface area contributed by atoms with Gasteiger partial charge in [-0.25, -0.2) is 4.98 Å². The van der Waals surface area contributed by atoms with E-state index < -0.39 is 0 Å². The molecule has 4 rings (SSSR count). The van der Waals surface area contributed by atoms with Gasteiger partial charge in [0.05, 0.1) is 30.0 Å². The van der Waals surface area contributed by atoms with E-state index in [9.17, 15) is 4.79 Å². The lowest BCUT2D eigenvalue weighted by atomic mass is 10.1. The molecule has 1 fully saturated rings. The topological polar surface area (TPSA) is 54.9 Å². The Morgan fingerprint density at radius 2 is 1.90 bits per heavy atom. The molecule has 1 aromatic heterocycles. The molecule has 1 atom stereocenters. The summed E-state index contributed by atoms with van der Waals surface area (Å²) in [6, 6.07) is 13.9. The monoisotopic (exact) mass is 425 g/mol. The van der Waals surface area contributed by atoms with Crippen molar-refractivity contribution in [2.75, 3.05) is 39.9 Å². The number of carbonyl (C=O) groups is 1. The van der Waals surface area contributed by atoms with Gasteiger partial charge in [0, 0.05) is 31.7 Å². The van der Waals surface area contributed by atoms with Gasteiger partial charge in [0.2, 0.25) is 0 Å². The largest absolute Gasteiger partial charge is 0.493 e. The van der Waals surface area contributed by atoms with Crippen molar-refractivity contribution in [3.05, 3.63) is 53.0 Å². The number of hydrogen-bond acceptors (Lipinski definition) is 6. The van der Waals surface area contributed by atoms with Crippen LogP contribution in [-0.4, -0.2) is 60.6 Å². The van der Waals surface area contributed by atoms with Crippen LogP contribution in [0, 0.1) is 0 Å². The van der Waals surface area contributed by atoms with E-state index in [2.05, 4.69) is 30.0 Å². The van der Waals surface area contributed by atoms with Crippen molar-refractivity contribution >= 4 is 27.5 Å². The molecular weight excluding hydrogens is 398 g/mol. The van der Waals surface area contributed by atoms with E-state index in [1.807, 2.05) is 24.0 Å². The fraction of sp³-hybridized carbons (Fsp3) is 0.391. The first-order valence-electron chi connectivity index (χ1n) is 10.3. The predicted molar refractivity (Wildman–Crippen MR) is 120 cm³/mol. The normalized spacial score (nSPS) is 15.9. The number of hydrogen-bond donors (Lipinski definition) is 0. The van der Waals surface area contributed by atoms with Crippen LogP contribution in [0.15, 0.2) is 42.5 Å². The van der Waals surface area contributed by atoms with Crippen LogP contribution in [0.25, 0.3) is 10.2 Å². The van der Waals surface area contributed by atoms with Crippen molar-refractivity contribution in [1.29, 1.82) is 0 Å². The molecule has 3 aromatic rings. The molecule has 6 nitrogen and oxygen atoms in total. The Morgan fingerprint density at radius 3 is 2.60 bits per heavy atom. The summed E-state index contributed by atoms with van der Waals surface area (Å²) in [7, 11) is 1.59. The Morgan fingerprint density at radius 1 is 1.13 bits per heavy atom. The number of fused-ring (bicyclic) bond motifs is 1. The van der Waals surface area contributed by atoms with Gasteiger partial charge in [-0.1, -0.05) is 12.1 Å². The van der Waals surface area contributed by atoms with Crippen molar-refractivity contribution in [2.24, 2.45) is 0 Å². The fourth-order valence-electron chi connectivity index (χ4n) is 3.80. The zero-order chi connectivity index (χ0) is 21.1. The third-order valence-electron chi connectivity index (χ3n) is 5.53. The van der Waals surface area contributed by atoms with Crippen LogP contribution in [0.5, 0.6) is 11.5 Å². The SMILES string of the molecule is CCOc1ccc(C(=O)N2CCN(C(C)c3nc4ccccc4s3)CC2)cc1OC. The molecule has 7 heteroatoms. The maximum Gasteiger partial charge on any atom is 0.254 e. The van der Waals surface area contributed by atoms with Crippen molar-refractivity contribution in [1.82, 2.24) is 14.8 Å². The summed E-state index contributed by atoms with van der Waals surface area (Å²) in [5, 5.41) is 1.13. The fourth-order valence-corrected chi connectivity index (χ4v) is 4.85. The van der Waals surface area contributed by atoms with Crippen LogP contribution >= 0.6 is 11.3 Å². The van der Waals surface area contributed by atoms with Crippen molar-refractivity contribution in [2.45, 2.75) is 19.9 Å². The highest BCUT2D eigenvalue weighted by atomic mass is 32.1. The molecule has 2 heterocycles. The van der Waals surface area contributed by atoms with Crippen LogP contribution in [0.4, 0.5) is 0 Å². The molecule has 158 valence electrons. The second kappa shape index (κ2) is 9.02. The second-order valence-corrected chi connectivity index (χ2v) is 8.38. The van der Waals surface area contributed by atoms with Crippen molar-refractivity contribution < 1.29 is 14.3 Å². The summed E-state index contributed by atoms with van der Waals surface area (Å²) in [4.78, 5) is 22.1. The molecule has 0 N–H and O–H groups in total. The molecular formula is C23H27N3O3S. The highest BCUT2D eigenvalue weighted by molar-refractivity contribution is 7.18. The third-order valence-corrected chi connectivity index (χ3v) is 6.73. The van der Waals surface area contributed by atoms with E-state index in [1.165, 1.54) is 4.70 Å². The van der Waals surface area contributed by atoms with Crippen molar-refractivity contribution in [3.63, 3.8) is 0 Å². The standard InChI is InChI=1S/C23H27N3O3S/c1-4-29-19-10-9-17(15-20(19)28-3)23(27)26-13-11-25(12-14-26)16(2)22-24-18-7-5-6-8-21(18)30-22/h5-10,15-16H,4,11-14H2,1-3H3. The minimum absolute atomic E-state index is 0.0311. The number of ether oxygens (including phenoxy) is 2. The van der Waals surface area contributed by atoms with Gasteiger partial charge in [-0.2, -0.15) is 0 Å². The van der Waals surface area contributed by atoms with E-state index in [1.54, 1.807) is 30.6 Å². The molecule has 1 aliphatic rings. The number of methoxy groups -OCH3 is 1. The number of rotatable bonds is 6. The lowest BCUT2D eigenvalue weighted by molar-refractivity contribution is 0.0581. The number of nitrogens with zero attached hydrogens (tertiary/aromatic N) is 3. The van der Waals surface area contributed by atoms with E-state index in [-0.39, 0.29) is 11.9 Å². The Kier molecular flexibility index (Phi) is 6.20. The van der Waals surface area contributed by atoms with E-state index >= 15 is 0 Å². The molecule has 0 bridgehead atoms. The van der Waals surface area contributed by atoms with E-state index in [0.717, 1.165) is 23.6 Å². The Balaban J connectivity index is 1.40. The van der Waals surface area contributed by atoms with E-state index in [0.29, 0.717) is 36.8 Å². The zero-order valence-corrected chi connectivity index (χ0v) is 18.4. The second-order valence-electron chi connectivity index (χ2n) is 7.32. The van der Waals surface area contributed by atoms with Gasteiger partial charge in [0.15, 0.2) is 11.5 Å². The first kappa shape index (κ1) is 20.6.